The van der Waals surface area contributed by atoms with Gasteiger partial charge in [-0.25, -0.2) is 8.42 Å². The van der Waals surface area contributed by atoms with Gasteiger partial charge >= 0.3 is 0 Å². The number of hydrogen-bond acceptors (Lipinski definition) is 7. The van der Waals surface area contributed by atoms with Crippen LogP contribution in [0.1, 0.15) is 0 Å². The second-order valence-corrected chi connectivity index (χ2v) is 7.16. The summed E-state index contributed by atoms with van der Waals surface area (Å²) in [6.45, 7) is 0. The minimum Gasteiger partial charge on any atom is -0.506 e. The van der Waals surface area contributed by atoms with Gasteiger partial charge in [-0.1, -0.05) is 0 Å². The number of anilines is 2. The highest BCUT2D eigenvalue weighted by Gasteiger charge is 2.22. The maximum Gasteiger partial charge on any atom is 0.265 e. The molecule has 0 bridgehead atoms. The van der Waals surface area contributed by atoms with Crippen molar-refractivity contribution >= 4 is 31.3 Å². The predicted octanol–water partition coefficient (Wildman–Crippen LogP) is -0.782. The van der Waals surface area contributed by atoms with Gasteiger partial charge in [-0.05, 0) is 12.1 Å². The third-order valence-electron chi connectivity index (χ3n) is 2.17. The molecule has 0 radical (unpaired) electrons. The molecular formula is C8H12N2O6S2. The SMILES string of the molecule is Nc1c(O)ccc(S(=O)(=O)CCS(=O)(=O)O)c1N. The summed E-state index contributed by atoms with van der Waals surface area (Å²) >= 11 is 0. The first-order valence-corrected chi connectivity index (χ1v) is 7.85. The first-order valence-electron chi connectivity index (χ1n) is 4.59. The number of nitrogen functional groups attached to an aromatic ring is 2. The second-order valence-electron chi connectivity index (χ2n) is 3.52. The average molecular weight is 296 g/mol. The van der Waals surface area contributed by atoms with Gasteiger partial charge in [0, 0.05) is 0 Å². The number of phenolic OH excluding ortho intramolecular Hbond substituents is 1. The van der Waals surface area contributed by atoms with Crippen molar-refractivity contribution in [3.05, 3.63) is 12.1 Å². The van der Waals surface area contributed by atoms with E-state index in [1.165, 1.54) is 0 Å². The van der Waals surface area contributed by atoms with Crippen molar-refractivity contribution < 1.29 is 26.5 Å². The number of phenols is 1. The third kappa shape index (κ3) is 3.24. The molecule has 0 atom stereocenters. The highest BCUT2D eigenvalue weighted by atomic mass is 32.2. The van der Waals surface area contributed by atoms with Crippen LogP contribution in [0, 0.1) is 0 Å². The van der Waals surface area contributed by atoms with Crippen molar-refractivity contribution in [2.45, 2.75) is 4.90 Å². The molecule has 0 amide bonds. The fourth-order valence-electron chi connectivity index (χ4n) is 1.20. The Balaban J connectivity index is 3.18. The molecule has 8 nitrogen and oxygen atoms in total. The molecular weight excluding hydrogens is 284 g/mol. The van der Waals surface area contributed by atoms with Gasteiger partial charge in [-0.15, -0.1) is 0 Å². The normalized spacial score (nSPS) is 12.5. The molecule has 0 heterocycles. The smallest absolute Gasteiger partial charge is 0.265 e. The standard InChI is InChI=1S/C8H12N2O6S2/c9-7-5(11)1-2-6(8(7)10)17(12,13)3-4-18(14,15)16/h1-2,11H,3-4,9-10H2,(H,14,15,16). The molecule has 18 heavy (non-hydrogen) atoms. The zero-order valence-electron chi connectivity index (χ0n) is 9.07. The van der Waals surface area contributed by atoms with Gasteiger partial charge in [0.25, 0.3) is 10.1 Å². The van der Waals surface area contributed by atoms with Crippen molar-refractivity contribution in [2.75, 3.05) is 23.0 Å². The Bertz CT molecular complexity index is 665. The van der Waals surface area contributed by atoms with Crippen LogP contribution in [0.5, 0.6) is 5.75 Å². The fourth-order valence-corrected chi connectivity index (χ4v) is 3.86. The van der Waals surface area contributed by atoms with Crippen molar-refractivity contribution in [1.29, 1.82) is 0 Å². The van der Waals surface area contributed by atoms with Crippen LogP contribution >= 0.6 is 0 Å². The van der Waals surface area contributed by atoms with E-state index >= 15 is 0 Å². The summed E-state index contributed by atoms with van der Waals surface area (Å²) < 4.78 is 53.1. The number of aromatic hydroxyl groups is 1. The molecule has 0 saturated heterocycles. The molecule has 0 saturated carbocycles. The summed E-state index contributed by atoms with van der Waals surface area (Å²) in [5, 5.41) is 9.21. The Kier molecular flexibility index (Phi) is 3.74. The Labute approximate surface area is 104 Å². The van der Waals surface area contributed by atoms with Gasteiger partial charge in [0.1, 0.15) is 5.75 Å². The Morgan fingerprint density at radius 2 is 1.56 bits per heavy atom. The summed E-state index contributed by atoms with van der Waals surface area (Å²) in [4.78, 5) is -0.388. The van der Waals surface area contributed by atoms with Crippen molar-refractivity contribution in [1.82, 2.24) is 0 Å². The van der Waals surface area contributed by atoms with Crippen molar-refractivity contribution in [2.24, 2.45) is 0 Å². The van der Waals surface area contributed by atoms with E-state index in [-0.39, 0.29) is 22.0 Å². The Morgan fingerprint density at radius 1 is 1.00 bits per heavy atom. The molecule has 1 rings (SSSR count). The molecule has 0 aliphatic heterocycles. The van der Waals surface area contributed by atoms with Gasteiger partial charge < -0.3 is 16.6 Å². The first-order chi connectivity index (χ1) is 8.04. The summed E-state index contributed by atoms with van der Waals surface area (Å²) in [6, 6.07) is 2.05. The molecule has 0 aromatic heterocycles. The molecule has 6 N–H and O–H groups in total. The molecule has 0 unspecified atom stereocenters. The van der Waals surface area contributed by atoms with E-state index in [2.05, 4.69) is 0 Å². The molecule has 1 aromatic rings. The molecule has 0 spiro atoms. The van der Waals surface area contributed by atoms with Crippen LogP contribution in [0.4, 0.5) is 11.4 Å². The van der Waals surface area contributed by atoms with Crippen molar-refractivity contribution in [3.63, 3.8) is 0 Å². The zero-order valence-corrected chi connectivity index (χ0v) is 10.7. The number of benzene rings is 1. The maximum absolute atomic E-state index is 11.8. The Hall–Kier alpha value is -1.52. The monoisotopic (exact) mass is 296 g/mol. The van der Waals surface area contributed by atoms with Crippen LogP contribution in [0.3, 0.4) is 0 Å². The highest BCUT2D eigenvalue weighted by molar-refractivity contribution is 7.93. The minimum atomic E-state index is -4.40. The van der Waals surface area contributed by atoms with Gasteiger partial charge in [-0.2, -0.15) is 8.42 Å². The lowest BCUT2D eigenvalue weighted by atomic mass is 10.2. The molecule has 1 aromatic carbocycles. The van der Waals surface area contributed by atoms with E-state index in [0.29, 0.717) is 0 Å². The maximum atomic E-state index is 11.8. The number of hydrogen-bond donors (Lipinski definition) is 4. The third-order valence-corrected chi connectivity index (χ3v) is 4.92. The van der Waals surface area contributed by atoms with Crippen LogP contribution in [0.25, 0.3) is 0 Å². The topological polar surface area (TPSA) is 161 Å². The summed E-state index contributed by atoms with van der Waals surface area (Å²) in [6.07, 6.45) is 0. The second kappa shape index (κ2) is 4.63. The van der Waals surface area contributed by atoms with Gasteiger partial charge in [-0.3, -0.25) is 4.55 Å². The fraction of sp³-hybridized carbons (Fsp3) is 0.250. The van der Waals surface area contributed by atoms with Crippen LogP contribution in [0.2, 0.25) is 0 Å². The van der Waals surface area contributed by atoms with Gasteiger partial charge in [0.05, 0.1) is 27.8 Å². The largest absolute Gasteiger partial charge is 0.506 e. The highest BCUT2D eigenvalue weighted by Crippen LogP contribution is 2.32. The van der Waals surface area contributed by atoms with E-state index in [9.17, 15) is 21.9 Å². The molecule has 0 aliphatic carbocycles. The lowest BCUT2D eigenvalue weighted by molar-refractivity contribution is 0.477. The first kappa shape index (κ1) is 14.5. The van der Waals surface area contributed by atoms with Crippen LogP contribution in [-0.2, 0) is 20.0 Å². The van der Waals surface area contributed by atoms with Crippen LogP contribution in [-0.4, -0.2) is 38.0 Å². The average Bonchev–Trinajstić information content (AvgIpc) is 2.22. The summed E-state index contributed by atoms with van der Waals surface area (Å²) in [5.41, 5.74) is 10.1. The number of nitrogens with two attached hydrogens (primary N) is 2. The molecule has 102 valence electrons. The zero-order chi connectivity index (χ0) is 14.1. The van der Waals surface area contributed by atoms with E-state index in [1.807, 2.05) is 0 Å². The summed E-state index contributed by atoms with van der Waals surface area (Å²) in [5.74, 6) is -2.16. The lowest BCUT2D eigenvalue weighted by Crippen LogP contribution is -2.18. The number of sulfone groups is 1. The molecule has 0 aliphatic rings. The van der Waals surface area contributed by atoms with E-state index in [0.717, 1.165) is 12.1 Å². The summed E-state index contributed by atoms with van der Waals surface area (Å²) in [7, 11) is -8.42. The van der Waals surface area contributed by atoms with Crippen LogP contribution in [0.15, 0.2) is 17.0 Å². The lowest BCUT2D eigenvalue weighted by Gasteiger charge is -2.10. The van der Waals surface area contributed by atoms with Gasteiger partial charge in [0.15, 0.2) is 9.84 Å². The molecule has 0 fully saturated rings. The quantitative estimate of drug-likeness (QED) is 0.319. The van der Waals surface area contributed by atoms with E-state index < -0.39 is 31.5 Å². The van der Waals surface area contributed by atoms with E-state index in [1.54, 1.807) is 0 Å². The van der Waals surface area contributed by atoms with Gasteiger partial charge in [0.2, 0.25) is 0 Å². The van der Waals surface area contributed by atoms with E-state index in [4.69, 9.17) is 16.0 Å². The minimum absolute atomic E-state index is 0.303. The predicted molar refractivity (Wildman–Crippen MR) is 65.4 cm³/mol. The van der Waals surface area contributed by atoms with Crippen LogP contribution < -0.4 is 11.5 Å². The Morgan fingerprint density at radius 3 is 2.06 bits per heavy atom. The van der Waals surface area contributed by atoms with Crippen molar-refractivity contribution in [3.8, 4) is 5.75 Å². The molecule has 10 heteroatoms. The number of rotatable bonds is 4.